The third kappa shape index (κ3) is 4.39. The van der Waals surface area contributed by atoms with Gasteiger partial charge in [0.25, 0.3) is 0 Å². The number of aliphatic hydroxyl groups is 1. The van der Waals surface area contributed by atoms with Gasteiger partial charge in [0.15, 0.2) is 0 Å². The maximum atomic E-state index is 10.0. The number of rotatable bonds is 6. The van der Waals surface area contributed by atoms with Crippen LogP contribution >= 0.6 is 11.8 Å². The molecule has 1 atom stereocenters. The summed E-state index contributed by atoms with van der Waals surface area (Å²) in [6.45, 7) is 1.59. The first-order chi connectivity index (χ1) is 9.29. The summed E-state index contributed by atoms with van der Waals surface area (Å²) in [6.07, 6.45) is 1.68. The molecule has 0 amide bonds. The van der Waals surface area contributed by atoms with E-state index in [9.17, 15) is 5.11 Å². The van der Waals surface area contributed by atoms with Gasteiger partial charge in [-0.25, -0.2) is 0 Å². The average molecular weight is 274 g/mol. The van der Waals surface area contributed by atoms with Crippen molar-refractivity contribution in [2.75, 3.05) is 12.8 Å². The van der Waals surface area contributed by atoms with Crippen molar-refractivity contribution in [3.05, 3.63) is 65.7 Å². The molecule has 0 saturated carbocycles. The standard InChI is InChI=1S/C16H19NOS/c1-19-15-9-7-13(8-10-15)11-17-12-16(18)14-5-3-2-4-6-14/h2-10,16-18H,11-12H2,1H3/p+1/t16-/m1/s1. The maximum absolute atomic E-state index is 10.0. The second kappa shape index (κ2) is 7.34. The Balaban J connectivity index is 1.79. The lowest BCUT2D eigenvalue weighted by Gasteiger charge is -2.09. The van der Waals surface area contributed by atoms with Crippen molar-refractivity contribution in [3.8, 4) is 0 Å². The number of quaternary nitrogens is 1. The molecule has 0 heterocycles. The molecule has 3 heteroatoms. The molecule has 0 fully saturated rings. The fourth-order valence-corrected chi connectivity index (χ4v) is 2.39. The van der Waals surface area contributed by atoms with Gasteiger partial charge in [-0.3, -0.25) is 0 Å². The van der Waals surface area contributed by atoms with Crippen molar-refractivity contribution in [1.29, 1.82) is 0 Å². The molecule has 0 aliphatic rings. The first kappa shape index (κ1) is 14.1. The fourth-order valence-electron chi connectivity index (χ4n) is 1.98. The zero-order valence-corrected chi connectivity index (χ0v) is 11.9. The number of hydrogen-bond donors (Lipinski definition) is 2. The van der Waals surface area contributed by atoms with E-state index in [-0.39, 0.29) is 0 Å². The Kier molecular flexibility index (Phi) is 5.45. The third-order valence-corrected chi connectivity index (χ3v) is 3.86. The number of hydrogen-bond acceptors (Lipinski definition) is 2. The van der Waals surface area contributed by atoms with Crippen LogP contribution in [0.2, 0.25) is 0 Å². The minimum absolute atomic E-state index is 0.397. The Morgan fingerprint density at radius 3 is 2.37 bits per heavy atom. The quantitative estimate of drug-likeness (QED) is 0.792. The Bertz CT molecular complexity index is 484. The van der Waals surface area contributed by atoms with Crippen molar-refractivity contribution in [1.82, 2.24) is 0 Å². The molecule has 3 N–H and O–H groups in total. The van der Waals surface area contributed by atoms with E-state index in [1.54, 1.807) is 11.8 Å². The Morgan fingerprint density at radius 2 is 1.74 bits per heavy atom. The highest BCUT2D eigenvalue weighted by molar-refractivity contribution is 7.98. The highest BCUT2D eigenvalue weighted by Gasteiger charge is 2.08. The van der Waals surface area contributed by atoms with Gasteiger partial charge in [0.2, 0.25) is 0 Å². The minimum Gasteiger partial charge on any atom is -0.382 e. The number of benzene rings is 2. The van der Waals surface area contributed by atoms with Crippen LogP contribution in [0.4, 0.5) is 0 Å². The monoisotopic (exact) mass is 274 g/mol. The van der Waals surface area contributed by atoms with E-state index in [2.05, 4.69) is 35.8 Å². The molecular formula is C16H20NOS+. The van der Waals surface area contributed by atoms with E-state index in [1.165, 1.54) is 10.5 Å². The van der Waals surface area contributed by atoms with Crippen molar-refractivity contribution >= 4 is 11.8 Å². The summed E-state index contributed by atoms with van der Waals surface area (Å²) >= 11 is 1.75. The lowest BCUT2D eigenvalue weighted by molar-refractivity contribution is -0.677. The zero-order valence-electron chi connectivity index (χ0n) is 11.1. The van der Waals surface area contributed by atoms with E-state index < -0.39 is 6.10 Å². The highest BCUT2D eigenvalue weighted by atomic mass is 32.2. The van der Waals surface area contributed by atoms with Crippen LogP contribution in [0.1, 0.15) is 17.2 Å². The summed E-state index contributed by atoms with van der Waals surface area (Å²) in [5.74, 6) is 0. The fraction of sp³-hybridized carbons (Fsp3) is 0.250. The van der Waals surface area contributed by atoms with Gasteiger partial charge in [-0.1, -0.05) is 42.5 Å². The van der Waals surface area contributed by atoms with Gasteiger partial charge in [0.05, 0.1) is 0 Å². The highest BCUT2D eigenvalue weighted by Crippen LogP contribution is 2.14. The van der Waals surface area contributed by atoms with Gasteiger partial charge in [-0.15, -0.1) is 11.8 Å². The molecule has 0 aliphatic heterocycles. The van der Waals surface area contributed by atoms with Gasteiger partial charge in [-0.2, -0.15) is 0 Å². The first-order valence-corrected chi connectivity index (χ1v) is 7.69. The van der Waals surface area contributed by atoms with Crippen LogP contribution < -0.4 is 5.32 Å². The molecule has 2 rings (SSSR count). The lowest BCUT2D eigenvalue weighted by atomic mass is 10.1. The topological polar surface area (TPSA) is 36.8 Å². The Hall–Kier alpha value is -1.29. The molecule has 0 saturated heterocycles. The molecule has 0 unspecified atom stereocenters. The van der Waals surface area contributed by atoms with Crippen LogP contribution in [-0.2, 0) is 6.54 Å². The number of thioether (sulfide) groups is 1. The molecule has 0 aliphatic carbocycles. The number of nitrogens with two attached hydrogens (primary N) is 1. The summed E-state index contributed by atoms with van der Waals surface area (Å²) in [5, 5.41) is 12.2. The third-order valence-electron chi connectivity index (χ3n) is 3.11. The van der Waals surface area contributed by atoms with E-state index >= 15 is 0 Å². The molecule has 0 radical (unpaired) electrons. The molecule has 2 aromatic rings. The average Bonchev–Trinajstić information content (AvgIpc) is 2.49. The summed E-state index contributed by atoms with van der Waals surface area (Å²) in [6, 6.07) is 18.4. The van der Waals surface area contributed by atoms with Gasteiger partial charge in [0.1, 0.15) is 19.2 Å². The van der Waals surface area contributed by atoms with Gasteiger partial charge < -0.3 is 10.4 Å². The van der Waals surface area contributed by atoms with Crippen molar-refractivity contribution in [2.45, 2.75) is 17.5 Å². The summed E-state index contributed by atoms with van der Waals surface area (Å²) in [5.41, 5.74) is 2.27. The summed E-state index contributed by atoms with van der Waals surface area (Å²) in [7, 11) is 0. The first-order valence-electron chi connectivity index (χ1n) is 6.47. The molecule has 0 aromatic heterocycles. The van der Waals surface area contributed by atoms with Gasteiger partial charge in [-0.05, 0) is 24.0 Å². The molecule has 100 valence electrons. The molecule has 0 spiro atoms. The van der Waals surface area contributed by atoms with Crippen LogP contribution in [0.5, 0.6) is 0 Å². The molecular weight excluding hydrogens is 254 g/mol. The molecule has 19 heavy (non-hydrogen) atoms. The normalized spacial score (nSPS) is 12.3. The predicted molar refractivity (Wildman–Crippen MR) is 80.1 cm³/mol. The van der Waals surface area contributed by atoms with E-state index in [0.717, 1.165) is 12.1 Å². The second-order valence-electron chi connectivity index (χ2n) is 4.50. The minimum atomic E-state index is -0.397. The van der Waals surface area contributed by atoms with E-state index in [0.29, 0.717) is 6.54 Å². The van der Waals surface area contributed by atoms with Crippen LogP contribution in [0.3, 0.4) is 0 Å². The molecule has 0 bridgehead atoms. The lowest BCUT2D eigenvalue weighted by Crippen LogP contribution is -2.83. The smallest absolute Gasteiger partial charge is 0.128 e. The van der Waals surface area contributed by atoms with Crippen molar-refractivity contribution in [2.24, 2.45) is 0 Å². The zero-order chi connectivity index (χ0) is 13.5. The SMILES string of the molecule is CSc1ccc(C[NH2+]C[C@@H](O)c2ccccc2)cc1. The number of aliphatic hydroxyl groups excluding tert-OH is 1. The van der Waals surface area contributed by atoms with Crippen LogP contribution in [-0.4, -0.2) is 17.9 Å². The van der Waals surface area contributed by atoms with Gasteiger partial charge in [0, 0.05) is 10.5 Å². The largest absolute Gasteiger partial charge is 0.382 e. The van der Waals surface area contributed by atoms with Crippen LogP contribution in [0.15, 0.2) is 59.5 Å². The second-order valence-corrected chi connectivity index (χ2v) is 5.38. The Morgan fingerprint density at radius 1 is 1.05 bits per heavy atom. The summed E-state index contributed by atoms with van der Waals surface area (Å²) in [4.78, 5) is 1.29. The maximum Gasteiger partial charge on any atom is 0.128 e. The predicted octanol–water partition coefficient (Wildman–Crippen LogP) is 2.21. The summed E-state index contributed by atoms with van der Waals surface area (Å²) < 4.78 is 0. The Labute approximate surface area is 118 Å². The molecule has 2 nitrogen and oxygen atoms in total. The van der Waals surface area contributed by atoms with E-state index in [1.807, 2.05) is 30.3 Å². The van der Waals surface area contributed by atoms with Gasteiger partial charge >= 0.3 is 0 Å². The van der Waals surface area contributed by atoms with Crippen LogP contribution in [0, 0.1) is 0 Å². The van der Waals surface area contributed by atoms with E-state index in [4.69, 9.17) is 0 Å². The molecule has 2 aromatic carbocycles. The van der Waals surface area contributed by atoms with Crippen molar-refractivity contribution in [3.63, 3.8) is 0 Å². The van der Waals surface area contributed by atoms with Crippen molar-refractivity contribution < 1.29 is 10.4 Å². The van der Waals surface area contributed by atoms with Crippen LogP contribution in [0.25, 0.3) is 0 Å².